The van der Waals surface area contributed by atoms with Crippen molar-refractivity contribution in [1.29, 1.82) is 0 Å². The van der Waals surface area contributed by atoms with Gasteiger partial charge in [0.15, 0.2) is 0 Å². The van der Waals surface area contributed by atoms with E-state index in [0.29, 0.717) is 0 Å². The van der Waals surface area contributed by atoms with E-state index in [0.717, 1.165) is 24.1 Å². The molecule has 0 aliphatic heterocycles. The van der Waals surface area contributed by atoms with Crippen molar-refractivity contribution < 1.29 is 0 Å². The minimum atomic E-state index is 0.995. The fourth-order valence-corrected chi connectivity index (χ4v) is 2.16. The lowest BCUT2D eigenvalue weighted by atomic mass is 10.1. The van der Waals surface area contributed by atoms with Gasteiger partial charge in [0, 0.05) is 11.1 Å². The fraction of sp³-hybridized carbons (Fsp3) is 0.118. The summed E-state index contributed by atoms with van der Waals surface area (Å²) in [4.78, 5) is 4.69. The first kappa shape index (κ1) is 11.0. The second kappa shape index (κ2) is 5.01. The molecule has 3 aromatic rings. The first-order valence-electron chi connectivity index (χ1n) is 6.30. The Balaban J connectivity index is 1.79. The standard InChI is InChI=1S/C17H15N/c1-2-6-14(7-3-1)10-12-16-13-11-15-8-4-5-9-17(15)18-16/h1-9,11,13H,10,12H2. The smallest absolute Gasteiger partial charge is 0.0705 e. The third kappa shape index (κ3) is 2.40. The van der Waals surface area contributed by atoms with E-state index >= 15 is 0 Å². The number of rotatable bonds is 3. The van der Waals surface area contributed by atoms with Gasteiger partial charge in [-0.15, -0.1) is 0 Å². The molecule has 88 valence electrons. The Morgan fingerprint density at radius 3 is 2.33 bits per heavy atom. The molecule has 0 N–H and O–H groups in total. The zero-order valence-electron chi connectivity index (χ0n) is 10.2. The average molecular weight is 233 g/mol. The summed E-state index contributed by atoms with van der Waals surface area (Å²) in [6.07, 6.45) is 2.04. The summed E-state index contributed by atoms with van der Waals surface area (Å²) in [5.74, 6) is 0. The highest BCUT2D eigenvalue weighted by atomic mass is 14.7. The Morgan fingerprint density at radius 1 is 0.667 bits per heavy atom. The maximum atomic E-state index is 4.69. The van der Waals surface area contributed by atoms with Gasteiger partial charge in [-0.1, -0.05) is 54.6 Å². The van der Waals surface area contributed by atoms with Gasteiger partial charge in [0.1, 0.15) is 0 Å². The first-order valence-corrected chi connectivity index (χ1v) is 6.30. The quantitative estimate of drug-likeness (QED) is 0.665. The molecule has 0 saturated heterocycles. The van der Waals surface area contributed by atoms with E-state index < -0.39 is 0 Å². The number of pyridine rings is 1. The lowest BCUT2D eigenvalue weighted by Crippen LogP contribution is -1.94. The van der Waals surface area contributed by atoms with E-state index in [1.807, 2.05) is 12.1 Å². The molecule has 1 heteroatoms. The molecule has 0 aliphatic carbocycles. The third-order valence-electron chi connectivity index (χ3n) is 3.17. The van der Waals surface area contributed by atoms with Crippen molar-refractivity contribution >= 4 is 10.9 Å². The topological polar surface area (TPSA) is 12.9 Å². The Bertz CT molecular complexity index is 644. The van der Waals surface area contributed by atoms with Crippen LogP contribution in [0.4, 0.5) is 0 Å². The lowest BCUT2D eigenvalue weighted by molar-refractivity contribution is 0.923. The number of nitrogens with zero attached hydrogens (tertiary/aromatic N) is 1. The van der Waals surface area contributed by atoms with Crippen LogP contribution in [0.1, 0.15) is 11.3 Å². The van der Waals surface area contributed by atoms with Crippen LogP contribution >= 0.6 is 0 Å². The van der Waals surface area contributed by atoms with E-state index in [4.69, 9.17) is 4.98 Å². The Labute approximate surface area is 107 Å². The predicted octanol–water partition coefficient (Wildman–Crippen LogP) is 4.02. The van der Waals surface area contributed by atoms with Gasteiger partial charge in [0.05, 0.1) is 5.52 Å². The number of fused-ring (bicyclic) bond motifs is 1. The maximum absolute atomic E-state index is 4.69. The average Bonchev–Trinajstić information content (AvgIpc) is 2.46. The van der Waals surface area contributed by atoms with Crippen LogP contribution in [0.3, 0.4) is 0 Å². The molecular formula is C17H15N. The second-order valence-corrected chi connectivity index (χ2v) is 4.48. The highest BCUT2D eigenvalue weighted by Gasteiger charge is 1.99. The summed E-state index contributed by atoms with van der Waals surface area (Å²) in [7, 11) is 0. The van der Waals surface area contributed by atoms with E-state index in [2.05, 4.69) is 54.6 Å². The van der Waals surface area contributed by atoms with Crippen molar-refractivity contribution in [3.8, 4) is 0 Å². The second-order valence-electron chi connectivity index (χ2n) is 4.48. The van der Waals surface area contributed by atoms with Crippen LogP contribution in [0.5, 0.6) is 0 Å². The molecule has 1 heterocycles. The summed E-state index contributed by atoms with van der Waals surface area (Å²) in [5, 5.41) is 1.21. The van der Waals surface area contributed by atoms with Crippen molar-refractivity contribution in [2.45, 2.75) is 12.8 Å². The molecule has 0 fully saturated rings. The van der Waals surface area contributed by atoms with Crippen LogP contribution in [-0.2, 0) is 12.8 Å². The molecule has 0 radical (unpaired) electrons. The highest BCUT2D eigenvalue weighted by Crippen LogP contribution is 2.13. The van der Waals surface area contributed by atoms with Gasteiger partial charge in [0.2, 0.25) is 0 Å². The van der Waals surface area contributed by atoms with E-state index in [1.165, 1.54) is 10.9 Å². The van der Waals surface area contributed by atoms with Gasteiger partial charge in [0.25, 0.3) is 0 Å². The molecule has 0 aliphatic rings. The molecule has 18 heavy (non-hydrogen) atoms. The molecule has 0 unspecified atom stereocenters. The van der Waals surface area contributed by atoms with Crippen LogP contribution in [0.15, 0.2) is 66.7 Å². The molecule has 1 nitrogen and oxygen atoms in total. The van der Waals surface area contributed by atoms with Crippen molar-refractivity contribution in [3.63, 3.8) is 0 Å². The predicted molar refractivity (Wildman–Crippen MR) is 75.6 cm³/mol. The van der Waals surface area contributed by atoms with E-state index in [9.17, 15) is 0 Å². The van der Waals surface area contributed by atoms with Gasteiger partial charge >= 0.3 is 0 Å². The van der Waals surface area contributed by atoms with Gasteiger partial charge in [-0.25, -0.2) is 0 Å². The number of aryl methyl sites for hydroxylation is 2. The van der Waals surface area contributed by atoms with Crippen LogP contribution in [0.2, 0.25) is 0 Å². The molecule has 0 bridgehead atoms. The zero-order chi connectivity index (χ0) is 12.2. The Kier molecular flexibility index (Phi) is 3.05. The molecule has 1 aromatic heterocycles. The highest BCUT2D eigenvalue weighted by molar-refractivity contribution is 5.78. The SMILES string of the molecule is c1ccc(CCc2ccc3ccccc3n2)cc1. The monoisotopic (exact) mass is 233 g/mol. The third-order valence-corrected chi connectivity index (χ3v) is 3.17. The molecule has 0 saturated carbocycles. The molecule has 2 aromatic carbocycles. The summed E-state index contributed by atoms with van der Waals surface area (Å²) < 4.78 is 0. The van der Waals surface area contributed by atoms with Crippen molar-refractivity contribution in [2.24, 2.45) is 0 Å². The number of para-hydroxylation sites is 1. The molecule has 0 spiro atoms. The van der Waals surface area contributed by atoms with E-state index in [-0.39, 0.29) is 0 Å². The molecule has 0 atom stereocenters. The van der Waals surface area contributed by atoms with Gasteiger partial charge < -0.3 is 0 Å². The number of aromatic nitrogens is 1. The minimum Gasteiger partial charge on any atom is -0.253 e. The normalized spacial score (nSPS) is 10.7. The number of hydrogen-bond donors (Lipinski definition) is 0. The van der Waals surface area contributed by atoms with Crippen LogP contribution in [0, 0.1) is 0 Å². The summed E-state index contributed by atoms with van der Waals surface area (Å²) in [6.45, 7) is 0. The summed E-state index contributed by atoms with van der Waals surface area (Å²) in [6, 6.07) is 23.1. The molecular weight excluding hydrogens is 218 g/mol. The molecule has 0 amide bonds. The van der Waals surface area contributed by atoms with Gasteiger partial charge in [-0.2, -0.15) is 0 Å². The van der Waals surface area contributed by atoms with Crippen LogP contribution < -0.4 is 0 Å². The number of hydrogen-bond acceptors (Lipinski definition) is 1. The van der Waals surface area contributed by atoms with Crippen molar-refractivity contribution in [3.05, 3.63) is 78.0 Å². The lowest BCUT2D eigenvalue weighted by Gasteiger charge is -2.03. The first-order chi connectivity index (χ1) is 8.92. The fourth-order valence-electron chi connectivity index (χ4n) is 2.16. The zero-order valence-corrected chi connectivity index (χ0v) is 10.2. The van der Waals surface area contributed by atoms with E-state index in [1.54, 1.807) is 0 Å². The summed E-state index contributed by atoms with van der Waals surface area (Å²) in [5.41, 5.74) is 3.62. The van der Waals surface area contributed by atoms with Crippen LogP contribution in [0.25, 0.3) is 10.9 Å². The number of benzene rings is 2. The maximum Gasteiger partial charge on any atom is 0.0705 e. The largest absolute Gasteiger partial charge is 0.253 e. The van der Waals surface area contributed by atoms with Crippen molar-refractivity contribution in [1.82, 2.24) is 4.98 Å². The van der Waals surface area contributed by atoms with Crippen LogP contribution in [-0.4, -0.2) is 4.98 Å². The van der Waals surface area contributed by atoms with Gasteiger partial charge in [-0.3, -0.25) is 4.98 Å². The Hall–Kier alpha value is -2.15. The molecule has 3 rings (SSSR count). The summed E-state index contributed by atoms with van der Waals surface area (Å²) >= 11 is 0. The van der Waals surface area contributed by atoms with Crippen molar-refractivity contribution in [2.75, 3.05) is 0 Å². The Morgan fingerprint density at radius 2 is 1.44 bits per heavy atom. The van der Waals surface area contributed by atoms with Gasteiger partial charge in [-0.05, 0) is 30.5 Å². The minimum absolute atomic E-state index is 0.995.